The summed E-state index contributed by atoms with van der Waals surface area (Å²) in [5.74, 6) is 0.0960. The quantitative estimate of drug-likeness (QED) is 0.784. The molecule has 1 heterocycles. The largest absolute Gasteiger partial charge is 0.390 e. The summed E-state index contributed by atoms with van der Waals surface area (Å²) in [7, 11) is 0. The van der Waals surface area contributed by atoms with Crippen molar-refractivity contribution in [2.45, 2.75) is 39.8 Å². The van der Waals surface area contributed by atoms with E-state index in [9.17, 15) is 4.79 Å². The molecule has 1 amide bonds. The molecule has 26 heavy (non-hydrogen) atoms. The zero-order chi connectivity index (χ0) is 18.5. The second kappa shape index (κ2) is 8.17. The minimum atomic E-state index is -0.101. The molecule has 0 bridgehead atoms. The molecule has 4 nitrogen and oxygen atoms in total. The molecule has 0 aromatic heterocycles. The molecular weight excluding hydrogens is 324 g/mol. The molecule has 0 fully saturated rings. The van der Waals surface area contributed by atoms with Gasteiger partial charge in [-0.3, -0.25) is 4.79 Å². The van der Waals surface area contributed by atoms with Crippen molar-refractivity contribution in [1.29, 1.82) is 0 Å². The molecule has 0 N–H and O–H groups in total. The number of hydrogen-bond donors (Lipinski definition) is 0. The molecule has 2 aromatic rings. The standard InChI is InChI=1S/C22H26N2O2/c1-16(2)22(25)24(14-18-10-5-4-6-11-18)15-19-13-21(23-26-19)20-12-8-7-9-17(20)3/h4-12,16,19H,13-15H2,1-3H3/t19-/m1/s1. The van der Waals surface area contributed by atoms with Crippen LogP contribution < -0.4 is 0 Å². The maximum atomic E-state index is 12.7. The van der Waals surface area contributed by atoms with Gasteiger partial charge < -0.3 is 9.74 Å². The van der Waals surface area contributed by atoms with Gasteiger partial charge in [-0.05, 0) is 18.1 Å². The molecule has 2 aromatic carbocycles. The topological polar surface area (TPSA) is 41.9 Å². The fraction of sp³-hybridized carbons (Fsp3) is 0.364. The molecule has 1 aliphatic rings. The highest BCUT2D eigenvalue weighted by molar-refractivity contribution is 6.02. The lowest BCUT2D eigenvalue weighted by molar-refractivity contribution is -0.136. The van der Waals surface area contributed by atoms with Gasteiger partial charge in [0.2, 0.25) is 5.91 Å². The maximum absolute atomic E-state index is 12.7. The van der Waals surface area contributed by atoms with Crippen molar-refractivity contribution >= 4 is 11.6 Å². The number of carbonyl (C=O) groups is 1. The monoisotopic (exact) mass is 350 g/mol. The van der Waals surface area contributed by atoms with Crippen LogP contribution in [-0.4, -0.2) is 29.2 Å². The van der Waals surface area contributed by atoms with Crippen LogP contribution in [0.25, 0.3) is 0 Å². The smallest absolute Gasteiger partial charge is 0.225 e. The van der Waals surface area contributed by atoms with E-state index in [0.717, 1.165) is 23.3 Å². The van der Waals surface area contributed by atoms with Crippen LogP contribution >= 0.6 is 0 Å². The van der Waals surface area contributed by atoms with Crippen LogP contribution in [0.5, 0.6) is 0 Å². The van der Waals surface area contributed by atoms with Crippen LogP contribution in [0.15, 0.2) is 59.8 Å². The van der Waals surface area contributed by atoms with E-state index in [1.807, 2.05) is 61.2 Å². The first-order chi connectivity index (χ1) is 12.5. The van der Waals surface area contributed by atoms with Crippen LogP contribution in [-0.2, 0) is 16.2 Å². The zero-order valence-corrected chi connectivity index (χ0v) is 15.7. The van der Waals surface area contributed by atoms with Crippen LogP contribution in [0.2, 0.25) is 0 Å². The first kappa shape index (κ1) is 18.2. The lowest BCUT2D eigenvalue weighted by atomic mass is 10.00. The number of amides is 1. The predicted octanol–water partition coefficient (Wildman–Crippen LogP) is 4.17. The van der Waals surface area contributed by atoms with Gasteiger partial charge >= 0.3 is 0 Å². The van der Waals surface area contributed by atoms with Crippen LogP contribution in [0.1, 0.15) is 37.0 Å². The third-order valence-corrected chi connectivity index (χ3v) is 4.63. The Kier molecular flexibility index (Phi) is 5.71. The van der Waals surface area contributed by atoms with Gasteiger partial charge in [0, 0.05) is 24.4 Å². The summed E-state index contributed by atoms with van der Waals surface area (Å²) in [6, 6.07) is 18.3. The SMILES string of the molecule is Cc1ccccc1C1=NO[C@@H](CN(Cc2ccccc2)C(=O)C(C)C)C1. The van der Waals surface area contributed by atoms with Gasteiger partial charge in [-0.1, -0.05) is 73.6 Å². The van der Waals surface area contributed by atoms with E-state index in [1.165, 1.54) is 5.56 Å². The van der Waals surface area contributed by atoms with Crippen molar-refractivity contribution < 1.29 is 9.63 Å². The van der Waals surface area contributed by atoms with Gasteiger partial charge in [-0.2, -0.15) is 0 Å². The van der Waals surface area contributed by atoms with Crippen molar-refractivity contribution in [3.05, 3.63) is 71.3 Å². The number of aryl methyl sites for hydroxylation is 1. The summed E-state index contributed by atoms with van der Waals surface area (Å²) in [6.07, 6.45) is 0.623. The molecule has 136 valence electrons. The number of nitrogens with zero attached hydrogens (tertiary/aromatic N) is 2. The second-order valence-electron chi connectivity index (χ2n) is 7.14. The van der Waals surface area contributed by atoms with Gasteiger partial charge in [-0.15, -0.1) is 0 Å². The van der Waals surface area contributed by atoms with Crippen molar-refractivity contribution in [3.63, 3.8) is 0 Å². The van der Waals surface area contributed by atoms with Gasteiger partial charge in [0.1, 0.15) is 0 Å². The molecule has 0 radical (unpaired) electrons. The fourth-order valence-corrected chi connectivity index (χ4v) is 3.23. The lowest BCUT2D eigenvalue weighted by Crippen LogP contribution is -2.39. The van der Waals surface area contributed by atoms with Crippen molar-refractivity contribution in [3.8, 4) is 0 Å². The molecule has 0 saturated carbocycles. The van der Waals surface area contributed by atoms with Crippen molar-refractivity contribution in [2.24, 2.45) is 11.1 Å². The number of hydrogen-bond acceptors (Lipinski definition) is 3. The molecule has 1 atom stereocenters. The molecule has 0 saturated heterocycles. The highest BCUT2D eigenvalue weighted by Gasteiger charge is 2.28. The first-order valence-corrected chi connectivity index (χ1v) is 9.16. The minimum absolute atomic E-state index is 0.0446. The maximum Gasteiger partial charge on any atom is 0.225 e. The van der Waals surface area contributed by atoms with E-state index in [-0.39, 0.29) is 17.9 Å². The summed E-state index contributed by atoms with van der Waals surface area (Å²) in [6.45, 7) is 7.09. The lowest BCUT2D eigenvalue weighted by Gasteiger charge is -2.26. The Morgan fingerprint density at radius 3 is 2.54 bits per heavy atom. The van der Waals surface area contributed by atoms with E-state index in [0.29, 0.717) is 13.1 Å². The number of benzene rings is 2. The van der Waals surface area contributed by atoms with E-state index in [4.69, 9.17) is 4.84 Å². The first-order valence-electron chi connectivity index (χ1n) is 9.16. The molecule has 3 rings (SSSR count). The Hall–Kier alpha value is -2.62. The van der Waals surface area contributed by atoms with Crippen LogP contribution in [0.3, 0.4) is 0 Å². The summed E-state index contributed by atoms with van der Waals surface area (Å²) in [4.78, 5) is 20.2. The average Bonchev–Trinajstić information content (AvgIpc) is 3.10. The Morgan fingerprint density at radius 1 is 1.15 bits per heavy atom. The van der Waals surface area contributed by atoms with Crippen molar-refractivity contribution in [2.75, 3.05) is 6.54 Å². The Morgan fingerprint density at radius 2 is 1.85 bits per heavy atom. The van der Waals surface area contributed by atoms with Crippen LogP contribution in [0.4, 0.5) is 0 Å². The highest BCUT2D eigenvalue weighted by atomic mass is 16.6. The van der Waals surface area contributed by atoms with Gasteiger partial charge in [0.25, 0.3) is 0 Å². The zero-order valence-electron chi connectivity index (χ0n) is 15.7. The number of oxime groups is 1. The van der Waals surface area contributed by atoms with Gasteiger partial charge in [0.15, 0.2) is 6.10 Å². The molecule has 4 heteroatoms. The molecule has 1 aliphatic heterocycles. The summed E-state index contributed by atoms with van der Waals surface area (Å²) in [5, 5.41) is 4.29. The summed E-state index contributed by atoms with van der Waals surface area (Å²) in [5.41, 5.74) is 4.40. The van der Waals surface area contributed by atoms with E-state index in [2.05, 4.69) is 24.2 Å². The predicted molar refractivity (Wildman–Crippen MR) is 104 cm³/mol. The Bertz CT molecular complexity index is 784. The molecule has 0 spiro atoms. The number of rotatable bonds is 6. The molecule has 0 unspecified atom stereocenters. The molecular formula is C22H26N2O2. The van der Waals surface area contributed by atoms with E-state index < -0.39 is 0 Å². The normalized spacial score (nSPS) is 16.3. The number of carbonyl (C=O) groups excluding carboxylic acids is 1. The van der Waals surface area contributed by atoms with Crippen molar-refractivity contribution in [1.82, 2.24) is 4.90 Å². The van der Waals surface area contributed by atoms with Gasteiger partial charge in [0.05, 0.1) is 12.3 Å². The highest BCUT2D eigenvalue weighted by Crippen LogP contribution is 2.21. The van der Waals surface area contributed by atoms with E-state index in [1.54, 1.807) is 0 Å². The second-order valence-corrected chi connectivity index (χ2v) is 7.14. The van der Waals surface area contributed by atoms with Gasteiger partial charge in [-0.25, -0.2) is 0 Å². The molecule has 0 aliphatic carbocycles. The van der Waals surface area contributed by atoms with Crippen LogP contribution in [0, 0.1) is 12.8 Å². The average molecular weight is 350 g/mol. The summed E-state index contributed by atoms with van der Waals surface area (Å²) < 4.78 is 0. The minimum Gasteiger partial charge on any atom is -0.390 e. The Labute approximate surface area is 155 Å². The fourth-order valence-electron chi connectivity index (χ4n) is 3.23. The Balaban J connectivity index is 1.68. The van der Waals surface area contributed by atoms with E-state index >= 15 is 0 Å². The summed E-state index contributed by atoms with van der Waals surface area (Å²) >= 11 is 0. The third kappa shape index (κ3) is 4.31. The third-order valence-electron chi connectivity index (χ3n) is 4.63.